The van der Waals surface area contributed by atoms with Crippen molar-refractivity contribution in [2.75, 3.05) is 32.1 Å². The first kappa shape index (κ1) is 21.9. The fourth-order valence-corrected chi connectivity index (χ4v) is 4.36. The molecule has 0 spiro atoms. The lowest BCUT2D eigenvalue weighted by atomic mass is 9.96. The zero-order valence-electron chi connectivity index (χ0n) is 16.9. The smallest absolute Gasteiger partial charge is 0.420 e. The van der Waals surface area contributed by atoms with Crippen molar-refractivity contribution < 1.29 is 17.9 Å². The second kappa shape index (κ2) is 9.80. The van der Waals surface area contributed by atoms with Crippen LogP contribution in [0.1, 0.15) is 56.2 Å². The summed E-state index contributed by atoms with van der Waals surface area (Å²) in [4.78, 5) is 6.90. The monoisotopic (exact) mass is 427 g/mol. The minimum atomic E-state index is -4.47. The van der Waals surface area contributed by atoms with E-state index in [1.54, 1.807) is 6.07 Å². The number of nitrogens with one attached hydrogen (secondary N) is 1. The maximum atomic E-state index is 13.5. The summed E-state index contributed by atoms with van der Waals surface area (Å²) in [5.74, 6) is 0.259. The number of likely N-dealkylation sites (N-methyl/N-ethyl adjacent to an activating group) is 1. The number of unbranched alkanes of at least 4 members (excludes halogenated alkanes) is 2. The van der Waals surface area contributed by atoms with E-state index in [1.807, 2.05) is 12.3 Å². The third kappa shape index (κ3) is 6.09. The van der Waals surface area contributed by atoms with Gasteiger partial charge in [0.25, 0.3) is 0 Å². The topological polar surface area (TPSA) is 37.4 Å². The van der Waals surface area contributed by atoms with Crippen molar-refractivity contribution in [2.24, 2.45) is 0 Å². The van der Waals surface area contributed by atoms with Gasteiger partial charge < -0.3 is 15.0 Å². The molecule has 0 bridgehead atoms. The normalized spacial score (nSPS) is 18.0. The van der Waals surface area contributed by atoms with Gasteiger partial charge in [-0.25, -0.2) is 4.98 Å². The lowest BCUT2D eigenvalue weighted by Crippen LogP contribution is -2.30. The standard InChI is InChI=1S/C21H28F3N3OS/c1-3-4-5-11-28-19-9-8-16(12-17(19)21(22,23)24)25-20-26-18(14-29-20)15-7-6-10-27(2)13-15/h8-9,12,14-15H,3-7,10-11,13H2,1-2H3,(H,25,26). The summed E-state index contributed by atoms with van der Waals surface area (Å²) >= 11 is 1.42. The number of piperidine rings is 1. The molecule has 1 aromatic heterocycles. The van der Waals surface area contributed by atoms with Gasteiger partial charge in [0.15, 0.2) is 5.13 Å². The number of hydrogen-bond donors (Lipinski definition) is 1. The number of likely N-dealkylation sites (tertiary alicyclic amines) is 1. The van der Waals surface area contributed by atoms with Crippen LogP contribution < -0.4 is 10.1 Å². The van der Waals surface area contributed by atoms with Crippen LogP contribution in [0.2, 0.25) is 0 Å². The summed E-state index contributed by atoms with van der Waals surface area (Å²) in [6.07, 6.45) is 0.423. The Balaban J connectivity index is 1.70. The molecule has 3 rings (SSSR count). The number of aromatic nitrogens is 1. The lowest BCUT2D eigenvalue weighted by Gasteiger charge is -2.28. The van der Waals surface area contributed by atoms with Crippen molar-refractivity contribution in [1.29, 1.82) is 0 Å². The maximum Gasteiger partial charge on any atom is 0.420 e. The minimum Gasteiger partial charge on any atom is -0.493 e. The van der Waals surface area contributed by atoms with Crippen molar-refractivity contribution in [2.45, 2.75) is 51.1 Å². The number of rotatable bonds is 8. The van der Waals surface area contributed by atoms with Gasteiger partial charge in [0, 0.05) is 23.5 Å². The minimum absolute atomic E-state index is 0.121. The highest BCUT2D eigenvalue weighted by Gasteiger charge is 2.35. The van der Waals surface area contributed by atoms with Gasteiger partial charge in [0.2, 0.25) is 0 Å². The third-order valence-electron chi connectivity index (χ3n) is 5.11. The predicted octanol–water partition coefficient (Wildman–Crippen LogP) is 6.28. The fraction of sp³-hybridized carbons (Fsp3) is 0.571. The van der Waals surface area contributed by atoms with Crippen molar-refractivity contribution in [3.05, 3.63) is 34.8 Å². The van der Waals surface area contributed by atoms with Gasteiger partial charge in [0.05, 0.1) is 17.9 Å². The number of nitrogens with zero attached hydrogens (tertiary/aromatic N) is 2. The zero-order valence-corrected chi connectivity index (χ0v) is 17.7. The van der Waals surface area contributed by atoms with Crippen LogP contribution in [0, 0.1) is 0 Å². The van der Waals surface area contributed by atoms with Crippen LogP contribution in [0.5, 0.6) is 5.75 Å². The van der Waals surface area contributed by atoms with Gasteiger partial charge in [-0.15, -0.1) is 11.3 Å². The molecule has 0 aliphatic carbocycles. The molecule has 1 N–H and O–H groups in total. The molecule has 8 heteroatoms. The van der Waals surface area contributed by atoms with E-state index < -0.39 is 11.7 Å². The van der Waals surface area contributed by atoms with Crippen molar-refractivity contribution in [1.82, 2.24) is 9.88 Å². The molecule has 29 heavy (non-hydrogen) atoms. The van der Waals surface area contributed by atoms with E-state index in [4.69, 9.17) is 4.74 Å². The van der Waals surface area contributed by atoms with E-state index >= 15 is 0 Å². The number of alkyl halides is 3. The number of anilines is 2. The van der Waals surface area contributed by atoms with Crippen LogP contribution in [0.25, 0.3) is 0 Å². The summed E-state index contributed by atoms with van der Waals surface area (Å²) in [6.45, 7) is 4.39. The highest BCUT2D eigenvalue weighted by molar-refractivity contribution is 7.13. The molecule has 0 radical (unpaired) electrons. The first-order valence-electron chi connectivity index (χ1n) is 10.1. The number of halogens is 3. The summed E-state index contributed by atoms with van der Waals surface area (Å²) in [6, 6.07) is 4.10. The van der Waals surface area contributed by atoms with Crippen LogP contribution in [0.4, 0.5) is 24.0 Å². The van der Waals surface area contributed by atoms with Crippen LogP contribution in [0.3, 0.4) is 0 Å². The van der Waals surface area contributed by atoms with E-state index in [0.29, 0.717) is 16.7 Å². The van der Waals surface area contributed by atoms with Gasteiger partial charge in [-0.1, -0.05) is 19.8 Å². The van der Waals surface area contributed by atoms with Crippen LogP contribution in [0.15, 0.2) is 23.6 Å². The second-order valence-corrected chi connectivity index (χ2v) is 8.43. The first-order chi connectivity index (χ1) is 13.9. The summed E-state index contributed by atoms with van der Waals surface area (Å²) in [5, 5.41) is 5.64. The molecule has 1 aromatic carbocycles. The van der Waals surface area contributed by atoms with Crippen molar-refractivity contribution >= 4 is 22.2 Å². The predicted molar refractivity (Wildman–Crippen MR) is 111 cm³/mol. The molecule has 160 valence electrons. The molecule has 2 heterocycles. The van der Waals surface area contributed by atoms with Crippen LogP contribution >= 0.6 is 11.3 Å². The average Bonchev–Trinajstić information content (AvgIpc) is 3.14. The van der Waals surface area contributed by atoms with E-state index in [0.717, 1.165) is 57.0 Å². The van der Waals surface area contributed by atoms with Gasteiger partial charge in [0.1, 0.15) is 5.75 Å². The summed E-state index contributed by atoms with van der Waals surface area (Å²) < 4.78 is 45.9. The number of benzene rings is 1. The number of thiazole rings is 1. The number of hydrogen-bond acceptors (Lipinski definition) is 5. The Kier molecular flexibility index (Phi) is 7.40. The van der Waals surface area contributed by atoms with Crippen molar-refractivity contribution in [3.63, 3.8) is 0 Å². The molecule has 4 nitrogen and oxygen atoms in total. The van der Waals surface area contributed by atoms with Gasteiger partial charge in [-0.2, -0.15) is 13.2 Å². The summed E-state index contributed by atoms with van der Waals surface area (Å²) in [5.41, 5.74) is 0.612. The Labute approximate surface area is 174 Å². The SMILES string of the molecule is CCCCCOc1ccc(Nc2nc(C3CCCN(C)C3)cs2)cc1C(F)(F)F. The first-order valence-corrected chi connectivity index (χ1v) is 11.0. The van der Waals surface area contributed by atoms with Crippen LogP contribution in [-0.2, 0) is 6.18 Å². The lowest BCUT2D eigenvalue weighted by molar-refractivity contribution is -0.138. The van der Waals surface area contributed by atoms with Gasteiger partial charge in [-0.05, 0) is 51.1 Å². The maximum absolute atomic E-state index is 13.5. The number of ether oxygens (including phenoxy) is 1. The highest BCUT2D eigenvalue weighted by Crippen LogP contribution is 2.39. The molecule has 1 fully saturated rings. The molecule has 0 amide bonds. The third-order valence-corrected chi connectivity index (χ3v) is 5.88. The second-order valence-electron chi connectivity index (χ2n) is 7.57. The zero-order chi connectivity index (χ0) is 20.9. The van der Waals surface area contributed by atoms with Gasteiger partial charge in [-0.3, -0.25) is 0 Å². The van der Waals surface area contributed by atoms with Crippen molar-refractivity contribution in [3.8, 4) is 5.75 Å². The molecule has 1 atom stereocenters. The van der Waals surface area contributed by atoms with Gasteiger partial charge >= 0.3 is 6.18 Å². The van der Waals surface area contributed by atoms with E-state index in [-0.39, 0.29) is 12.4 Å². The molecule has 1 unspecified atom stereocenters. The fourth-order valence-electron chi connectivity index (χ4n) is 3.55. The average molecular weight is 428 g/mol. The largest absolute Gasteiger partial charge is 0.493 e. The molecule has 2 aromatic rings. The highest BCUT2D eigenvalue weighted by atomic mass is 32.1. The quantitative estimate of drug-likeness (QED) is 0.503. The summed E-state index contributed by atoms with van der Waals surface area (Å²) in [7, 11) is 2.10. The van der Waals surface area contributed by atoms with E-state index in [9.17, 15) is 13.2 Å². The Hall–Kier alpha value is -1.80. The Morgan fingerprint density at radius 1 is 1.31 bits per heavy atom. The molecule has 1 saturated heterocycles. The van der Waals surface area contributed by atoms with Crippen LogP contribution in [-0.4, -0.2) is 36.6 Å². The van der Waals surface area contributed by atoms with E-state index in [2.05, 4.69) is 22.2 Å². The van der Waals surface area contributed by atoms with E-state index in [1.165, 1.54) is 17.4 Å². The Bertz CT molecular complexity index is 794. The Morgan fingerprint density at radius 3 is 2.86 bits per heavy atom. The molecule has 0 saturated carbocycles. The Morgan fingerprint density at radius 2 is 2.14 bits per heavy atom. The molecule has 1 aliphatic heterocycles. The molecule has 1 aliphatic rings. The molecular formula is C21H28F3N3OS. The molecular weight excluding hydrogens is 399 g/mol.